The molecule has 0 aliphatic carbocycles. The average Bonchev–Trinajstić information content (AvgIpc) is 2.66. The Balaban J connectivity index is 1.88. The van der Waals surface area contributed by atoms with Crippen LogP contribution in [0.4, 0.5) is 0 Å². The molecule has 0 fully saturated rings. The molecule has 0 spiro atoms. The summed E-state index contributed by atoms with van der Waals surface area (Å²) >= 11 is 3.54. The predicted molar refractivity (Wildman–Crippen MR) is 105 cm³/mol. The van der Waals surface area contributed by atoms with Gasteiger partial charge in [-0.15, -0.1) is 0 Å². The van der Waals surface area contributed by atoms with Gasteiger partial charge in [-0.3, -0.25) is 9.78 Å². The fourth-order valence-corrected chi connectivity index (χ4v) is 3.59. The van der Waals surface area contributed by atoms with Crippen LogP contribution in [0.1, 0.15) is 5.56 Å². The quantitative estimate of drug-likeness (QED) is 0.467. The largest absolute Gasteiger partial charge is 0.329 e. The van der Waals surface area contributed by atoms with E-state index in [0.717, 1.165) is 10.1 Å². The van der Waals surface area contributed by atoms with Gasteiger partial charge >= 0.3 is 0 Å². The zero-order valence-corrected chi connectivity index (χ0v) is 15.0. The Labute approximate surface area is 153 Å². The zero-order valence-electron chi connectivity index (χ0n) is 13.4. The first-order valence-electron chi connectivity index (χ1n) is 8.01. The molecule has 0 aliphatic heterocycles. The molecule has 0 saturated carbocycles. The van der Waals surface area contributed by atoms with E-state index in [1.165, 1.54) is 16.7 Å². The average molecular weight is 391 g/mol. The number of pyridine rings is 2. The van der Waals surface area contributed by atoms with Gasteiger partial charge in [-0.1, -0.05) is 54.6 Å². The summed E-state index contributed by atoms with van der Waals surface area (Å²) in [6, 6.07) is 24.0. The summed E-state index contributed by atoms with van der Waals surface area (Å²) in [5, 5.41) is 0. The van der Waals surface area contributed by atoms with Crippen LogP contribution in [0.15, 0.2) is 88.4 Å². The van der Waals surface area contributed by atoms with E-state index in [4.69, 9.17) is 0 Å². The third kappa shape index (κ3) is 3.01. The number of rotatable bonds is 3. The first kappa shape index (κ1) is 15.8. The lowest BCUT2D eigenvalue weighted by atomic mass is 9.99. The molecule has 2 aromatic heterocycles. The van der Waals surface area contributed by atoms with Crippen molar-refractivity contribution in [3.05, 3.63) is 99.4 Å². The van der Waals surface area contributed by atoms with Crippen LogP contribution < -0.4 is 5.43 Å². The molecular formula is C21H15BrN2O. The fraction of sp³-hybridized carbons (Fsp3) is 0.0476. The number of hydrogen-bond donors (Lipinski definition) is 0. The van der Waals surface area contributed by atoms with Gasteiger partial charge < -0.3 is 4.57 Å². The highest BCUT2D eigenvalue weighted by atomic mass is 79.9. The van der Waals surface area contributed by atoms with Gasteiger partial charge in [0.25, 0.3) is 0 Å². The molecule has 3 nitrogen and oxygen atoms in total. The van der Waals surface area contributed by atoms with E-state index in [2.05, 4.69) is 49.7 Å². The molecule has 4 heteroatoms. The van der Waals surface area contributed by atoms with E-state index in [-0.39, 0.29) is 5.43 Å². The van der Waals surface area contributed by atoms with Crippen molar-refractivity contribution in [1.82, 2.24) is 9.55 Å². The van der Waals surface area contributed by atoms with E-state index >= 15 is 0 Å². The zero-order chi connectivity index (χ0) is 17.2. The van der Waals surface area contributed by atoms with Gasteiger partial charge in [0.05, 0.1) is 10.1 Å². The van der Waals surface area contributed by atoms with Crippen LogP contribution in [0, 0.1) is 0 Å². The predicted octanol–water partition coefficient (Wildman–Crippen LogP) is 4.87. The van der Waals surface area contributed by atoms with Crippen molar-refractivity contribution in [3.63, 3.8) is 0 Å². The van der Waals surface area contributed by atoms with Crippen LogP contribution in [0.3, 0.4) is 0 Å². The van der Waals surface area contributed by atoms with Crippen LogP contribution in [0.25, 0.3) is 22.2 Å². The molecule has 0 aliphatic rings. The summed E-state index contributed by atoms with van der Waals surface area (Å²) < 4.78 is 2.83. The lowest BCUT2D eigenvalue weighted by Crippen LogP contribution is -2.12. The SMILES string of the molecule is O=c1cc(Br)n(Cc2ccccc2-c2ccccc2)c2cccnc12. The number of aromatic nitrogens is 2. The van der Waals surface area contributed by atoms with E-state index in [9.17, 15) is 4.79 Å². The van der Waals surface area contributed by atoms with E-state index in [0.29, 0.717) is 12.1 Å². The Morgan fingerprint density at radius 3 is 2.52 bits per heavy atom. The lowest BCUT2D eigenvalue weighted by molar-refractivity contribution is 0.804. The highest BCUT2D eigenvalue weighted by Crippen LogP contribution is 2.26. The molecular weight excluding hydrogens is 376 g/mol. The molecule has 0 saturated heterocycles. The van der Waals surface area contributed by atoms with E-state index < -0.39 is 0 Å². The molecule has 2 heterocycles. The van der Waals surface area contributed by atoms with Crippen LogP contribution in [-0.2, 0) is 6.54 Å². The summed E-state index contributed by atoms with van der Waals surface area (Å²) in [6.45, 7) is 0.647. The molecule has 0 radical (unpaired) electrons. The van der Waals surface area contributed by atoms with Crippen LogP contribution in [0.2, 0.25) is 0 Å². The Bertz CT molecular complexity index is 1100. The third-order valence-corrected chi connectivity index (χ3v) is 4.91. The van der Waals surface area contributed by atoms with Crippen molar-refractivity contribution in [2.45, 2.75) is 6.54 Å². The van der Waals surface area contributed by atoms with Gasteiger partial charge in [-0.25, -0.2) is 0 Å². The number of halogens is 1. The second-order valence-electron chi connectivity index (χ2n) is 5.81. The van der Waals surface area contributed by atoms with Crippen molar-refractivity contribution in [2.75, 3.05) is 0 Å². The highest BCUT2D eigenvalue weighted by Gasteiger charge is 2.11. The molecule has 0 bridgehead atoms. The van der Waals surface area contributed by atoms with Crippen LogP contribution in [0.5, 0.6) is 0 Å². The lowest BCUT2D eigenvalue weighted by Gasteiger charge is -2.16. The number of benzene rings is 2. The first-order chi connectivity index (χ1) is 12.2. The molecule has 0 atom stereocenters. The van der Waals surface area contributed by atoms with Gasteiger partial charge in [-0.2, -0.15) is 0 Å². The normalized spacial score (nSPS) is 10.9. The Kier molecular flexibility index (Phi) is 4.20. The van der Waals surface area contributed by atoms with Crippen molar-refractivity contribution in [3.8, 4) is 11.1 Å². The Hall–Kier alpha value is -2.72. The van der Waals surface area contributed by atoms with Gasteiger partial charge in [0.1, 0.15) is 5.52 Å². The molecule has 2 aromatic carbocycles. The standard InChI is InChI=1S/C21H15BrN2O/c22-20-13-19(25)21-18(11-6-12-23-21)24(20)14-16-9-4-5-10-17(16)15-7-2-1-3-8-15/h1-13H,14H2. The minimum absolute atomic E-state index is 0.0740. The minimum Gasteiger partial charge on any atom is -0.329 e. The van der Waals surface area contributed by atoms with E-state index in [1.807, 2.05) is 42.5 Å². The first-order valence-corrected chi connectivity index (χ1v) is 8.81. The maximum absolute atomic E-state index is 12.2. The maximum Gasteiger partial charge on any atom is 0.208 e. The van der Waals surface area contributed by atoms with Gasteiger partial charge in [-0.05, 0) is 44.8 Å². The van der Waals surface area contributed by atoms with Crippen molar-refractivity contribution in [2.24, 2.45) is 0 Å². The van der Waals surface area contributed by atoms with Gasteiger partial charge in [0.15, 0.2) is 0 Å². The van der Waals surface area contributed by atoms with Gasteiger partial charge in [0.2, 0.25) is 5.43 Å². The summed E-state index contributed by atoms with van der Waals surface area (Å²) in [4.78, 5) is 16.4. The topological polar surface area (TPSA) is 34.9 Å². The Morgan fingerprint density at radius 2 is 1.68 bits per heavy atom. The molecule has 0 amide bonds. The van der Waals surface area contributed by atoms with Gasteiger partial charge in [0, 0.05) is 18.8 Å². The highest BCUT2D eigenvalue weighted by molar-refractivity contribution is 9.10. The molecule has 4 rings (SSSR count). The fourth-order valence-electron chi connectivity index (χ4n) is 3.06. The Morgan fingerprint density at radius 1 is 0.920 bits per heavy atom. The molecule has 25 heavy (non-hydrogen) atoms. The third-order valence-electron chi connectivity index (χ3n) is 4.25. The summed E-state index contributed by atoms with van der Waals surface area (Å²) in [5.41, 5.74) is 4.79. The van der Waals surface area contributed by atoms with E-state index in [1.54, 1.807) is 12.3 Å². The number of hydrogen-bond acceptors (Lipinski definition) is 2. The molecule has 0 unspecified atom stereocenters. The summed E-state index contributed by atoms with van der Waals surface area (Å²) in [7, 11) is 0. The van der Waals surface area contributed by atoms with Crippen molar-refractivity contribution >= 4 is 27.0 Å². The number of nitrogens with zero attached hydrogens (tertiary/aromatic N) is 2. The smallest absolute Gasteiger partial charge is 0.208 e. The second-order valence-corrected chi connectivity index (χ2v) is 6.62. The summed E-state index contributed by atoms with van der Waals surface area (Å²) in [5.74, 6) is 0. The molecule has 4 aromatic rings. The van der Waals surface area contributed by atoms with Crippen molar-refractivity contribution in [1.29, 1.82) is 0 Å². The number of fused-ring (bicyclic) bond motifs is 1. The maximum atomic E-state index is 12.2. The van der Waals surface area contributed by atoms with Crippen LogP contribution in [-0.4, -0.2) is 9.55 Å². The monoisotopic (exact) mass is 390 g/mol. The molecule has 122 valence electrons. The summed E-state index contributed by atoms with van der Waals surface area (Å²) in [6.07, 6.45) is 1.65. The van der Waals surface area contributed by atoms with Crippen LogP contribution >= 0.6 is 15.9 Å². The van der Waals surface area contributed by atoms with Crippen molar-refractivity contribution < 1.29 is 0 Å². The molecule has 0 N–H and O–H groups in total. The minimum atomic E-state index is -0.0740. The second kappa shape index (κ2) is 6.65.